The van der Waals surface area contributed by atoms with Crippen molar-refractivity contribution >= 4 is 6.21 Å². The molecule has 96 valence electrons. The summed E-state index contributed by atoms with van der Waals surface area (Å²) in [6.07, 6.45) is 4.83. The lowest BCUT2D eigenvalue weighted by Crippen LogP contribution is -1.94. The number of rotatable bonds is 4. The molecule has 0 aliphatic heterocycles. The Bertz CT molecular complexity index is 464. The first-order chi connectivity index (χ1) is 8.63. The van der Waals surface area contributed by atoms with E-state index in [1.807, 2.05) is 13.8 Å². The van der Waals surface area contributed by atoms with Crippen LogP contribution < -0.4 is 0 Å². The third kappa shape index (κ3) is 5.14. The number of benzene rings is 1. The molecule has 1 rings (SSSR count). The highest BCUT2D eigenvalue weighted by Crippen LogP contribution is 2.09. The number of unbranched alkanes of at least 4 members (excludes halogenated alkanes) is 2. The van der Waals surface area contributed by atoms with Crippen LogP contribution in [0.3, 0.4) is 0 Å². The highest BCUT2D eigenvalue weighted by atomic mass is 19.1. The van der Waals surface area contributed by atoms with Gasteiger partial charge in [-0.25, -0.2) is 4.39 Å². The Balaban J connectivity index is 2.91. The van der Waals surface area contributed by atoms with Gasteiger partial charge in [0.15, 0.2) is 0 Å². The fraction of sp³-hybridized carbons (Fsp3) is 0.438. The van der Waals surface area contributed by atoms with Crippen molar-refractivity contribution in [2.24, 2.45) is 4.99 Å². The Morgan fingerprint density at radius 1 is 1.39 bits per heavy atom. The molecule has 0 saturated heterocycles. The summed E-state index contributed by atoms with van der Waals surface area (Å²) in [5.41, 5.74) is 1.60. The highest BCUT2D eigenvalue weighted by Gasteiger charge is 1.99. The van der Waals surface area contributed by atoms with Crippen LogP contribution in [0.15, 0.2) is 23.2 Å². The van der Waals surface area contributed by atoms with Crippen molar-refractivity contribution in [2.75, 3.05) is 0 Å². The first kappa shape index (κ1) is 14.4. The van der Waals surface area contributed by atoms with Crippen LogP contribution in [0.4, 0.5) is 4.39 Å². The monoisotopic (exact) mass is 245 g/mol. The summed E-state index contributed by atoms with van der Waals surface area (Å²) < 4.78 is 13.2. The molecule has 0 saturated carbocycles. The van der Waals surface area contributed by atoms with Crippen molar-refractivity contribution in [3.05, 3.63) is 35.1 Å². The van der Waals surface area contributed by atoms with Crippen LogP contribution in [-0.2, 0) is 0 Å². The lowest BCUT2D eigenvalue weighted by atomic mass is 10.1. The predicted octanol–water partition coefficient (Wildman–Crippen LogP) is 4.19. The van der Waals surface area contributed by atoms with Crippen molar-refractivity contribution in [3.8, 4) is 11.8 Å². The van der Waals surface area contributed by atoms with Gasteiger partial charge < -0.3 is 0 Å². The normalized spacial score (nSPS) is 10.7. The average Bonchev–Trinajstić information content (AvgIpc) is 2.34. The molecule has 0 heterocycles. The zero-order valence-electron chi connectivity index (χ0n) is 11.3. The van der Waals surface area contributed by atoms with Crippen LogP contribution in [0.25, 0.3) is 0 Å². The van der Waals surface area contributed by atoms with E-state index in [4.69, 9.17) is 0 Å². The molecule has 18 heavy (non-hydrogen) atoms. The molecule has 1 aromatic carbocycles. The Kier molecular flexibility index (Phi) is 6.14. The molecule has 0 fully saturated rings. The van der Waals surface area contributed by atoms with Gasteiger partial charge in [0.25, 0.3) is 0 Å². The van der Waals surface area contributed by atoms with E-state index >= 15 is 0 Å². The van der Waals surface area contributed by atoms with Gasteiger partial charge in [-0.2, -0.15) is 0 Å². The maximum atomic E-state index is 13.2. The quantitative estimate of drug-likeness (QED) is 0.428. The smallest absolute Gasteiger partial charge is 0.123 e. The largest absolute Gasteiger partial charge is 0.290 e. The molecule has 0 spiro atoms. The Morgan fingerprint density at radius 3 is 2.83 bits per heavy atom. The number of halogens is 1. The molecule has 1 nitrogen and oxygen atoms in total. The predicted molar refractivity (Wildman–Crippen MR) is 75.5 cm³/mol. The summed E-state index contributed by atoms with van der Waals surface area (Å²) >= 11 is 0. The number of hydrogen-bond acceptors (Lipinski definition) is 1. The summed E-state index contributed by atoms with van der Waals surface area (Å²) in [4.78, 5) is 4.28. The maximum Gasteiger partial charge on any atom is 0.123 e. The number of hydrogen-bond donors (Lipinski definition) is 0. The fourth-order valence-corrected chi connectivity index (χ4v) is 1.41. The van der Waals surface area contributed by atoms with E-state index in [-0.39, 0.29) is 11.9 Å². The molecular weight excluding hydrogens is 225 g/mol. The van der Waals surface area contributed by atoms with Gasteiger partial charge in [0.05, 0.1) is 0 Å². The molecule has 0 aliphatic carbocycles. The number of aliphatic imine (C=N–C) groups is 1. The van der Waals surface area contributed by atoms with E-state index in [9.17, 15) is 4.39 Å². The minimum atomic E-state index is -0.251. The minimum Gasteiger partial charge on any atom is -0.290 e. The Morgan fingerprint density at radius 2 is 2.17 bits per heavy atom. The standard InChI is InChI=1S/C16H20FN/c1-4-5-6-7-8-14-9-10-16(17)11-15(14)12-18-13(2)3/h9-13H,4-6H2,1-3H3. The van der Waals surface area contributed by atoms with E-state index in [0.717, 1.165) is 30.4 Å². The van der Waals surface area contributed by atoms with Crippen LogP contribution in [0.1, 0.15) is 51.2 Å². The van der Waals surface area contributed by atoms with Gasteiger partial charge in [0, 0.05) is 29.8 Å². The fourth-order valence-electron chi connectivity index (χ4n) is 1.41. The first-order valence-electron chi connectivity index (χ1n) is 6.45. The van der Waals surface area contributed by atoms with Crippen LogP contribution in [0, 0.1) is 17.7 Å². The average molecular weight is 245 g/mol. The molecule has 2 heteroatoms. The van der Waals surface area contributed by atoms with Crippen molar-refractivity contribution in [3.63, 3.8) is 0 Å². The summed E-state index contributed by atoms with van der Waals surface area (Å²) in [6.45, 7) is 6.12. The van der Waals surface area contributed by atoms with Gasteiger partial charge in [-0.05, 0) is 38.5 Å². The third-order valence-electron chi connectivity index (χ3n) is 2.40. The molecule has 0 atom stereocenters. The number of nitrogens with zero attached hydrogens (tertiary/aromatic N) is 1. The Labute approximate surface area is 109 Å². The topological polar surface area (TPSA) is 12.4 Å². The maximum absolute atomic E-state index is 13.2. The van der Waals surface area contributed by atoms with Crippen molar-refractivity contribution in [2.45, 2.75) is 46.1 Å². The lowest BCUT2D eigenvalue weighted by Gasteiger charge is -2.00. The van der Waals surface area contributed by atoms with Crippen molar-refractivity contribution in [1.82, 2.24) is 0 Å². The zero-order valence-corrected chi connectivity index (χ0v) is 11.3. The molecule has 0 radical (unpaired) electrons. The summed E-state index contributed by atoms with van der Waals surface area (Å²) in [7, 11) is 0. The van der Waals surface area contributed by atoms with Gasteiger partial charge in [0.1, 0.15) is 5.82 Å². The van der Waals surface area contributed by atoms with E-state index in [1.54, 1.807) is 12.3 Å². The van der Waals surface area contributed by atoms with Gasteiger partial charge in [-0.15, -0.1) is 0 Å². The second kappa shape index (κ2) is 7.66. The van der Waals surface area contributed by atoms with Crippen LogP contribution in [0.5, 0.6) is 0 Å². The Hall–Kier alpha value is -1.62. The summed E-state index contributed by atoms with van der Waals surface area (Å²) in [6, 6.07) is 4.84. The van der Waals surface area contributed by atoms with Gasteiger partial charge in [-0.3, -0.25) is 4.99 Å². The molecule has 0 N–H and O–H groups in total. The molecule has 0 unspecified atom stereocenters. The summed E-state index contributed by atoms with van der Waals surface area (Å²) in [5, 5.41) is 0. The second-order valence-corrected chi connectivity index (χ2v) is 4.51. The molecule has 1 aromatic rings. The van der Waals surface area contributed by atoms with E-state index in [2.05, 4.69) is 23.8 Å². The minimum absolute atomic E-state index is 0.203. The van der Waals surface area contributed by atoms with E-state index in [0.29, 0.717) is 0 Å². The van der Waals surface area contributed by atoms with Gasteiger partial charge >= 0.3 is 0 Å². The molecule has 0 amide bonds. The zero-order chi connectivity index (χ0) is 13.4. The molecule has 0 aliphatic rings. The SMILES string of the molecule is CCCCC#Cc1ccc(F)cc1C=NC(C)C. The van der Waals surface area contributed by atoms with Gasteiger partial charge in [0.2, 0.25) is 0 Å². The molecule has 0 aromatic heterocycles. The van der Waals surface area contributed by atoms with Gasteiger partial charge in [-0.1, -0.05) is 25.2 Å². The molecule has 0 bridgehead atoms. The lowest BCUT2D eigenvalue weighted by molar-refractivity contribution is 0.627. The van der Waals surface area contributed by atoms with Crippen molar-refractivity contribution in [1.29, 1.82) is 0 Å². The third-order valence-corrected chi connectivity index (χ3v) is 2.40. The highest BCUT2D eigenvalue weighted by molar-refractivity contribution is 5.83. The van der Waals surface area contributed by atoms with Crippen molar-refractivity contribution < 1.29 is 4.39 Å². The van der Waals surface area contributed by atoms with Crippen LogP contribution >= 0.6 is 0 Å². The van der Waals surface area contributed by atoms with Crippen LogP contribution in [0.2, 0.25) is 0 Å². The van der Waals surface area contributed by atoms with Crippen LogP contribution in [-0.4, -0.2) is 12.3 Å². The second-order valence-electron chi connectivity index (χ2n) is 4.51. The first-order valence-corrected chi connectivity index (χ1v) is 6.45. The molecular formula is C16H20FN. The van der Waals surface area contributed by atoms with E-state index in [1.165, 1.54) is 12.1 Å². The summed E-state index contributed by atoms with van der Waals surface area (Å²) in [5.74, 6) is 5.96. The van der Waals surface area contributed by atoms with E-state index < -0.39 is 0 Å².